The number of rotatable bonds is 3. The van der Waals surface area contributed by atoms with Gasteiger partial charge in [0.2, 0.25) is 5.76 Å². The molecule has 7 heteroatoms. The maximum absolute atomic E-state index is 13.3. The number of carbonyl (C=O) groups is 2. The van der Waals surface area contributed by atoms with Crippen molar-refractivity contribution < 1.29 is 23.5 Å². The lowest BCUT2D eigenvalue weighted by Crippen LogP contribution is -2.40. The zero-order valence-electron chi connectivity index (χ0n) is 17.5. The molecule has 160 valence electrons. The molecule has 1 fully saturated rings. The van der Waals surface area contributed by atoms with Crippen molar-refractivity contribution in [3.05, 3.63) is 59.4 Å². The van der Waals surface area contributed by atoms with Gasteiger partial charge in [0.1, 0.15) is 23.1 Å². The van der Waals surface area contributed by atoms with Gasteiger partial charge in [0.05, 0.1) is 18.8 Å². The molecule has 3 aromatic rings. The van der Waals surface area contributed by atoms with E-state index in [4.69, 9.17) is 13.9 Å². The van der Waals surface area contributed by atoms with E-state index in [0.717, 1.165) is 5.56 Å². The molecule has 2 aliphatic rings. The van der Waals surface area contributed by atoms with Gasteiger partial charge >= 0.3 is 0 Å². The predicted octanol–water partition coefficient (Wildman–Crippen LogP) is 4.04. The Kier molecular flexibility index (Phi) is 4.90. The number of fused-ring (bicyclic) bond motifs is 2. The smallest absolute Gasteiger partial charge is 0.291 e. The highest BCUT2D eigenvalue weighted by molar-refractivity contribution is 6.15. The van der Waals surface area contributed by atoms with Crippen molar-refractivity contribution in [1.29, 1.82) is 0 Å². The van der Waals surface area contributed by atoms with Gasteiger partial charge in [-0.15, -0.1) is 0 Å². The number of carbonyl (C=O) groups excluding carboxylic acids is 2. The average Bonchev–Trinajstić information content (AvgIpc) is 3.31. The van der Waals surface area contributed by atoms with Crippen LogP contribution < -0.4 is 10.1 Å². The number of hydrogen-bond acceptors (Lipinski definition) is 5. The fourth-order valence-corrected chi connectivity index (χ4v) is 4.18. The maximum Gasteiger partial charge on any atom is 0.291 e. The molecule has 1 saturated heterocycles. The molecule has 0 unspecified atom stereocenters. The van der Waals surface area contributed by atoms with Gasteiger partial charge in [-0.2, -0.15) is 0 Å². The van der Waals surface area contributed by atoms with Gasteiger partial charge in [-0.05, 0) is 25.1 Å². The Balaban J connectivity index is 1.52. The minimum Gasteiger partial charge on any atom is -0.489 e. The van der Waals surface area contributed by atoms with E-state index in [-0.39, 0.29) is 29.6 Å². The standard InChI is InChI=1S/C24H24N2O5/c1-14-15(2)30-21-16(14)7-5-8-18(21)23(27)25-20-17-6-3-4-9-19(17)31-22(20)24(28)26-10-12-29-13-11-26/h3-9,14-15H,10-13H2,1-2H3,(H,25,27)/t14-,15+/m0/s1. The zero-order chi connectivity index (χ0) is 21.5. The Morgan fingerprint density at radius 1 is 1.03 bits per heavy atom. The Morgan fingerprint density at radius 2 is 1.81 bits per heavy atom. The van der Waals surface area contributed by atoms with Crippen LogP contribution in [0.3, 0.4) is 0 Å². The minimum atomic E-state index is -0.333. The molecule has 2 aromatic carbocycles. The van der Waals surface area contributed by atoms with Gasteiger partial charge in [-0.25, -0.2) is 0 Å². The number of benzene rings is 2. The van der Waals surface area contributed by atoms with Crippen molar-refractivity contribution in [1.82, 2.24) is 4.90 Å². The van der Waals surface area contributed by atoms with Crippen LogP contribution in [0, 0.1) is 0 Å². The van der Waals surface area contributed by atoms with Gasteiger partial charge < -0.3 is 24.1 Å². The van der Waals surface area contributed by atoms with Crippen molar-refractivity contribution >= 4 is 28.5 Å². The number of anilines is 1. The summed E-state index contributed by atoms with van der Waals surface area (Å²) < 4.78 is 17.2. The molecule has 2 aliphatic heterocycles. The van der Waals surface area contributed by atoms with E-state index in [2.05, 4.69) is 12.2 Å². The van der Waals surface area contributed by atoms with Crippen molar-refractivity contribution in [2.45, 2.75) is 25.9 Å². The van der Waals surface area contributed by atoms with E-state index < -0.39 is 0 Å². The highest BCUT2D eigenvalue weighted by Gasteiger charge is 2.32. The first-order chi connectivity index (χ1) is 15.0. The van der Waals surface area contributed by atoms with Crippen molar-refractivity contribution in [2.75, 3.05) is 31.6 Å². The zero-order valence-corrected chi connectivity index (χ0v) is 17.5. The molecule has 0 radical (unpaired) electrons. The molecule has 7 nitrogen and oxygen atoms in total. The lowest BCUT2D eigenvalue weighted by Gasteiger charge is -2.26. The Morgan fingerprint density at radius 3 is 2.61 bits per heavy atom. The molecule has 2 amide bonds. The monoisotopic (exact) mass is 420 g/mol. The summed E-state index contributed by atoms with van der Waals surface area (Å²) in [6.45, 7) is 6.02. The molecular formula is C24H24N2O5. The summed E-state index contributed by atoms with van der Waals surface area (Å²) >= 11 is 0. The molecular weight excluding hydrogens is 396 g/mol. The summed E-state index contributed by atoms with van der Waals surface area (Å²) in [4.78, 5) is 28.2. The SMILES string of the molecule is C[C@@H]1c2cccc(C(=O)Nc3c(C(=O)N4CCOCC4)oc4ccccc34)c2O[C@@H]1C. The van der Waals surface area contributed by atoms with E-state index >= 15 is 0 Å². The topological polar surface area (TPSA) is 81.0 Å². The molecule has 5 rings (SSSR count). The number of ether oxygens (including phenoxy) is 2. The van der Waals surface area contributed by atoms with Gasteiger partial charge in [0.25, 0.3) is 11.8 Å². The third kappa shape index (κ3) is 3.35. The van der Waals surface area contributed by atoms with Crippen LogP contribution in [-0.2, 0) is 4.74 Å². The van der Waals surface area contributed by atoms with Crippen molar-refractivity contribution in [3.8, 4) is 5.75 Å². The summed E-state index contributed by atoms with van der Waals surface area (Å²) in [5, 5.41) is 3.62. The summed E-state index contributed by atoms with van der Waals surface area (Å²) in [5.74, 6) is 0.351. The molecule has 31 heavy (non-hydrogen) atoms. The third-order valence-corrected chi connectivity index (χ3v) is 6.12. The van der Waals surface area contributed by atoms with Crippen LogP contribution in [0.1, 0.15) is 46.2 Å². The van der Waals surface area contributed by atoms with Crippen LogP contribution >= 0.6 is 0 Å². The van der Waals surface area contributed by atoms with Crippen LogP contribution in [0.25, 0.3) is 11.0 Å². The molecule has 1 aromatic heterocycles. The number of nitrogens with zero attached hydrogens (tertiary/aromatic N) is 1. The first-order valence-electron chi connectivity index (χ1n) is 10.5. The minimum absolute atomic E-state index is 0.00263. The Hall–Kier alpha value is -3.32. The lowest BCUT2D eigenvalue weighted by atomic mass is 9.97. The van der Waals surface area contributed by atoms with Gasteiger partial charge in [0, 0.05) is 30.0 Å². The highest BCUT2D eigenvalue weighted by Crippen LogP contribution is 2.41. The summed E-state index contributed by atoms with van der Waals surface area (Å²) in [6, 6.07) is 12.9. The van der Waals surface area contributed by atoms with E-state index in [1.165, 1.54) is 0 Å². The molecule has 0 aliphatic carbocycles. The molecule has 1 N–H and O–H groups in total. The quantitative estimate of drug-likeness (QED) is 0.692. The molecule has 0 spiro atoms. The van der Waals surface area contributed by atoms with Crippen molar-refractivity contribution in [3.63, 3.8) is 0 Å². The van der Waals surface area contributed by atoms with E-state index in [9.17, 15) is 9.59 Å². The normalized spacial score (nSPS) is 20.4. The van der Waals surface area contributed by atoms with Gasteiger partial charge in [0.15, 0.2) is 0 Å². The van der Waals surface area contributed by atoms with Crippen LogP contribution in [0.4, 0.5) is 5.69 Å². The second-order valence-corrected chi connectivity index (χ2v) is 8.00. The molecule has 0 saturated carbocycles. The largest absolute Gasteiger partial charge is 0.489 e. The van der Waals surface area contributed by atoms with Crippen LogP contribution in [-0.4, -0.2) is 49.1 Å². The van der Waals surface area contributed by atoms with Gasteiger partial charge in [-0.1, -0.05) is 31.2 Å². The lowest BCUT2D eigenvalue weighted by molar-refractivity contribution is 0.0285. The van der Waals surface area contributed by atoms with E-state index in [1.807, 2.05) is 37.3 Å². The number of hydrogen-bond donors (Lipinski definition) is 1. The number of nitrogens with one attached hydrogen (secondary N) is 1. The second-order valence-electron chi connectivity index (χ2n) is 8.00. The number of para-hydroxylation sites is 2. The summed E-state index contributed by atoms with van der Waals surface area (Å²) in [5.41, 5.74) is 2.39. The maximum atomic E-state index is 13.3. The number of amides is 2. The molecule has 3 heterocycles. The first-order valence-corrected chi connectivity index (χ1v) is 10.5. The van der Waals surface area contributed by atoms with Crippen molar-refractivity contribution in [2.24, 2.45) is 0 Å². The third-order valence-electron chi connectivity index (χ3n) is 6.12. The number of morpholine rings is 1. The Bertz CT molecular complexity index is 1160. The van der Waals surface area contributed by atoms with Gasteiger partial charge in [-0.3, -0.25) is 9.59 Å². The van der Waals surface area contributed by atoms with E-state index in [0.29, 0.717) is 54.3 Å². The average molecular weight is 420 g/mol. The van der Waals surface area contributed by atoms with E-state index in [1.54, 1.807) is 17.0 Å². The number of furan rings is 1. The van der Waals surface area contributed by atoms with Crippen LogP contribution in [0.5, 0.6) is 5.75 Å². The Labute approximate surface area is 179 Å². The first kappa shape index (κ1) is 19.6. The predicted molar refractivity (Wildman–Crippen MR) is 116 cm³/mol. The van der Waals surface area contributed by atoms with Crippen LogP contribution in [0.2, 0.25) is 0 Å². The summed E-state index contributed by atoms with van der Waals surface area (Å²) in [7, 11) is 0. The summed E-state index contributed by atoms with van der Waals surface area (Å²) in [6.07, 6.45) is -0.00263. The second kappa shape index (κ2) is 7.74. The highest BCUT2D eigenvalue weighted by atomic mass is 16.5. The van der Waals surface area contributed by atoms with Crippen LogP contribution in [0.15, 0.2) is 46.9 Å². The fourth-order valence-electron chi connectivity index (χ4n) is 4.18. The molecule has 0 bridgehead atoms. The molecule has 2 atom stereocenters. The fraction of sp³-hybridized carbons (Fsp3) is 0.333.